The number of thioether (sulfide) groups is 1. The van der Waals surface area contributed by atoms with Crippen molar-refractivity contribution in [3.05, 3.63) is 65.3 Å². The number of hydrogen-bond donors (Lipinski definition) is 2. The number of carbonyl (C=O) groups excluding carboxylic acids is 1. The van der Waals surface area contributed by atoms with Crippen LogP contribution in [0.1, 0.15) is 5.56 Å². The Balaban J connectivity index is 1.41. The maximum Gasteiger partial charge on any atom is 0.230 e. The van der Waals surface area contributed by atoms with E-state index in [1.54, 1.807) is 0 Å². The van der Waals surface area contributed by atoms with E-state index in [9.17, 15) is 4.79 Å². The van der Waals surface area contributed by atoms with Crippen molar-refractivity contribution in [2.45, 2.75) is 11.7 Å². The van der Waals surface area contributed by atoms with Crippen molar-refractivity contribution in [2.75, 3.05) is 5.75 Å². The first-order valence-corrected chi connectivity index (χ1v) is 10.1. The highest BCUT2D eigenvalue weighted by Crippen LogP contribution is 2.29. The van der Waals surface area contributed by atoms with Gasteiger partial charge in [0.15, 0.2) is 11.0 Å². The van der Waals surface area contributed by atoms with Gasteiger partial charge in [0.05, 0.1) is 5.75 Å². The number of carbonyl (C=O) groups is 1. The summed E-state index contributed by atoms with van der Waals surface area (Å²) in [6.45, 7) is 0.401. The normalized spacial score (nSPS) is 11.1. The van der Waals surface area contributed by atoms with E-state index in [1.807, 2.05) is 66.3 Å². The van der Waals surface area contributed by atoms with Crippen molar-refractivity contribution in [3.63, 3.8) is 0 Å². The Hall–Kier alpha value is -2.77. The highest BCUT2D eigenvalue weighted by atomic mass is 35.5. The van der Waals surface area contributed by atoms with Gasteiger partial charge in [-0.05, 0) is 17.7 Å². The highest BCUT2D eigenvalue weighted by molar-refractivity contribution is 7.99. The molecule has 0 spiro atoms. The predicted molar refractivity (Wildman–Crippen MR) is 112 cm³/mol. The van der Waals surface area contributed by atoms with E-state index >= 15 is 0 Å². The summed E-state index contributed by atoms with van der Waals surface area (Å²) in [7, 11) is 1.90. The van der Waals surface area contributed by atoms with Gasteiger partial charge in [-0.25, -0.2) is 0 Å². The van der Waals surface area contributed by atoms with Crippen molar-refractivity contribution >= 4 is 40.2 Å². The van der Waals surface area contributed by atoms with Crippen molar-refractivity contribution in [2.24, 2.45) is 7.05 Å². The Morgan fingerprint density at radius 3 is 2.82 bits per heavy atom. The molecular weight excluding hydrogens is 394 g/mol. The molecule has 0 fully saturated rings. The number of para-hydroxylation sites is 1. The molecule has 0 aliphatic rings. The van der Waals surface area contributed by atoms with E-state index in [4.69, 9.17) is 11.6 Å². The number of nitrogens with zero attached hydrogens (tertiary/aromatic N) is 3. The van der Waals surface area contributed by atoms with Gasteiger partial charge >= 0.3 is 0 Å². The van der Waals surface area contributed by atoms with Crippen LogP contribution >= 0.6 is 23.4 Å². The minimum atomic E-state index is -0.0819. The molecule has 0 unspecified atom stereocenters. The second-order valence-electron chi connectivity index (χ2n) is 6.27. The van der Waals surface area contributed by atoms with E-state index < -0.39 is 0 Å². The predicted octanol–water partition coefficient (Wildman–Crippen LogP) is 4.03. The van der Waals surface area contributed by atoms with E-state index in [2.05, 4.69) is 20.5 Å². The number of halogens is 1. The van der Waals surface area contributed by atoms with E-state index in [0.29, 0.717) is 16.7 Å². The minimum absolute atomic E-state index is 0.0819. The van der Waals surface area contributed by atoms with Crippen molar-refractivity contribution in [3.8, 4) is 11.4 Å². The molecule has 0 aliphatic heterocycles. The summed E-state index contributed by atoms with van der Waals surface area (Å²) in [6, 6.07) is 15.5. The maximum atomic E-state index is 12.2. The van der Waals surface area contributed by atoms with Crippen LogP contribution in [0, 0.1) is 0 Å². The van der Waals surface area contributed by atoms with Crippen molar-refractivity contribution < 1.29 is 4.79 Å². The Morgan fingerprint density at radius 1 is 1.18 bits per heavy atom. The lowest BCUT2D eigenvalue weighted by Gasteiger charge is -2.07. The van der Waals surface area contributed by atoms with Crippen LogP contribution < -0.4 is 5.32 Å². The summed E-state index contributed by atoms with van der Waals surface area (Å²) in [5.41, 5.74) is 2.93. The van der Waals surface area contributed by atoms with Gasteiger partial charge in [-0.1, -0.05) is 59.8 Å². The van der Waals surface area contributed by atoms with E-state index in [1.165, 1.54) is 11.8 Å². The Kier molecular flexibility index (Phi) is 5.36. The van der Waals surface area contributed by atoms with Gasteiger partial charge < -0.3 is 14.9 Å². The molecular formula is C20H18ClN5OS. The molecule has 8 heteroatoms. The van der Waals surface area contributed by atoms with Crippen LogP contribution in [0.15, 0.2) is 59.9 Å². The molecule has 28 heavy (non-hydrogen) atoms. The first-order valence-electron chi connectivity index (χ1n) is 8.72. The standard InChI is InChI=1S/C20H18ClN5OS/c1-26-19(15-11-22-17-9-5-3-7-14(15)17)24-25-20(26)28-12-18(27)23-10-13-6-2-4-8-16(13)21/h2-9,11,22H,10,12H2,1H3,(H,23,27). The smallest absolute Gasteiger partial charge is 0.230 e. The van der Waals surface area contributed by atoms with Crippen molar-refractivity contribution in [1.82, 2.24) is 25.1 Å². The molecule has 4 rings (SSSR count). The molecule has 2 aromatic carbocycles. The van der Waals surface area contributed by atoms with Crippen LogP contribution in [0.4, 0.5) is 0 Å². The third-order valence-corrected chi connectivity index (χ3v) is 5.82. The molecule has 0 saturated heterocycles. The zero-order chi connectivity index (χ0) is 19.5. The molecule has 2 aromatic heterocycles. The molecule has 0 atom stereocenters. The SMILES string of the molecule is Cn1c(SCC(=O)NCc2ccccc2Cl)nnc1-c1c[nH]c2ccccc12. The van der Waals surface area contributed by atoms with Gasteiger partial charge in [0.2, 0.25) is 5.91 Å². The summed E-state index contributed by atoms with van der Waals surface area (Å²) >= 11 is 7.47. The molecule has 2 heterocycles. The number of rotatable bonds is 6. The van der Waals surface area contributed by atoms with Crippen LogP contribution in [-0.2, 0) is 18.4 Å². The zero-order valence-electron chi connectivity index (χ0n) is 15.1. The molecule has 0 saturated carbocycles. The second-order valence-corrected chi connectivity index (χ2v) is 7.62. The molecule has 2 N–H and O–H groups in total. The van der Waals surface area contributed by atoms with Gasteiger partial charge in [0.1, 0.15) is 0 Å². The lowest BCUT2D eigenvalue weighted by Crippen LogP contribution is -2.24. The number of benzene rings is 2. The third-order valence-electron chi connectivity index (χ3n) is 4.43. The number of aromatic amines is 1. The average Bonchev–Trinajstić information content (AvgIpc) is 3.29. The number of hydrogen-bond acceptors (Lipinski definition) is 4. The summed E-state index contributed by atoms with van der Waals surface area (Å²) in [6.07, 6.45) is 1.93. The lowest BCUT2D eigenvalue weighted by atomic mass is 10.1. The Labute approximate surface area is 171 Å². The lowest BCUT2D eigenvalue weighted by molar-refractivity contribution is -0.118. The van der Waals surface area contributed by atoms with Crippen molar-refractivity contribution in [1.29, 1.82) is 0 Å². The largest absolute Gasteiger partial charge is 0.360 e. The first kappa shape index (κ1) is 18.6. The number of amides is 1. The second kappa shape index (κ2) is 8.08. The summed E-state index contributed by atoms with van der Waals surface area (Å²) in [5, 5.41) is 13.9. The van der Waals surface area contributed by atoms with E-state index in [0.717, 1.165) is 27.9 Å². The van der Waals surface area contributed by atoms with Crippen LogP contribution in [0.3, 0.4) is 0 Å². The molecule has 0 bridgehead atoms. The Morgan fingerprint density at radius 2 is 1.96 bits per heavy atom. The van der Waals surface area contributed by atoms with Gasteiger partial charge in [-0.3, -0.25) is 4.79 Å². The van der Waals surface area contributed by atoms with Gasteiger partial charge in [0, 0.05) is 41.3 Å². The summed E-state index contributed by atoms with van der Waals surface area (Å²) in [5.74, 6) is 0.933. The highest BCUT2D eigenvalue weighted by Gasteiger charge is 2.15. The fourth-order valence-electron chi connectivity index (χ4n) is 2.95. The number of nitrogens with one attached hydrogen (secondary N) is 2. The summed E-state index contributed by atoms with van der Waals surface area (Å²) in [4.78, 5) is 15.4. The quantitative estimate of drug-likeness (QED) is 0.470. The van der Waals surface area contributed by atoms with Crippen LogP contribution in [0.2, 0.25) is 5.02 Å². The number of aromatic nitrogens is 4. The van der Waals surface area contributed by atoms with Gasteiger partial charge in [0.25, 0.3) is 0 Å². The fourth-order valence-corrected chi connectivity index (χ4v) is 3.89. The fraction of sp³-hybridized carbons (Fsp3) is 0.150. The molecule has 6 nitrogen and oxygen atoms in total. The van der Waals surface area contributed by atoms with Crippen LogP contribution in [0.5, 0.6) is 0 Å². The molecule has 4 aromatic rings. The molecule has 142 valence electrons. The van der Waals surface area contributed by atoms with Gasteiger partial charge in [-0.2, -0.15) is 0 Å². The zero-order valence-corrected chi connectivity index (χ0v) is 16.7. The van der Waals surface area contributed by atoms with Crippen LogP contribution in [0.25, 0.3) is 22.3 Å². The Bertz CT molecular complexity index is 1140. The molecule has 1 amide bonds. The molecule has 0 radical (unpaired) electrons. The number of fused-ring (bicyclic) bond motifs is 1. The topological polar surface area (TPSA) is 75.6 Å². The average molecular weight is 412 g/mol. The third kappa shape index (κ3) is 3.76. The summed E-state index contributed by atoms with van der Waals surface area (Å²) < 4.78 is 1.90. The first-order chi connectivity index (χ1) is 13.6. The number of H-pyrrole nitrogens is 1. The van der Waals surface area contributed by atoms with Gasteiger partial charge in [-0.15, -0.1) is 10.2 Å². The monoisotopic (exact) mass is 411 g/mol. The van der Waals surface area contributed by atoms with E-state index in [-0.39, 0.29) is 11.7 Å². The molecule has 0 aliphatic carbocycles. The van der Waals surface area contributed by atoms with Crippen LogP contribution in [-0.4, -0.2) is 31.4 Å². The minimum Gasteiger partial charge on any atom is -0.360 e. The maximum absolute atomic E-state index is 12.2.